The van der Waals surface area contributed by atoms with Gasteiger partial charge in [0.1, 0.15) is 6.61 Å². The standard InChI is InChI=1S/C16H23N3O2/c1-4-19-14(10-12(2)18-19)11-21-16-13(8-9-17)6-5-7-15(16)20-3/h5-7,10H,4,8-9,11,17H2,1-3H3. The molecule has 0 atom stereocenters. The van der Waals surface area contributed by atoms with Crippen molar-refractivity contribution in [2.45, 2.75) is 33.4 Å². The summed E-state index contributed by atoms with van der Waals surface area (Å²) < 4.78 is 13.4. The lowest BCUT2D eigenvalue weighted by molar-refractivity contribution is 0.271. The summed E-state index contributed by atoms with van der Waals surface area (Å²) in [7, 11) is 1.65. The van der Waals surface area contributed by atoms with Gasteiger partial charge in [0.2, 0.25) is 0 Å². The number of hydrogen-bond acceptors (Lipinski definition) is 4. The van der Waals surface area contributed by atoms with Gasteiger partial charge in [-0.3, -0.25) is 4.68 Å². The lowest BCUT2D eigenvalue weighted by Gasteiger charge is -2.15. The number of aryl methyl sites for hydroxylation is 2. The first-order valence-electron chi connectivity index (χ1n) is 7.21. The quantitative estimate of drug-likeness (QED) is 0.849. The van der Waals surface area contributed by atoms with Crippen LogP contribution in [0.2, 0.25) is 0 Å². The summed E-state index contributed by atoms with van der Waals surface area (Å²) in [5, 5.41) is 4.43. The minimum Gasteiger partial charge on any atom is -0.493 e. The van der Waals surface area contributed by atoms with Crippen LogP contribution in [0.3, 0.4) is 0 Å². The van der Waals surface area contributed by atoms with Crippen LogP contribution in [0.4, 0.5) is 0 Å². The molecule has 0 aliphatic carbocycles. The largest absolute Gasteiger partial charge is 0.493 e. The van der Waals surface area contributed by atoms with Gasteiger partial charge in [0.05, 0.1) is 18.5 Å². The highest BCUT2D eigenvalue weighted by Crippen LogP contribution is 2.32. The number of nitrogens with two attached hydrogens (primary N) is 1. The summed E-state index contributed by atoms with van der Waals surface area (Å²) in [5.74, 6) is 1.51. The number of ether oxygens (including phenoxy) is 2. The lowest BCUT2D eigenvalue weighted by atomic mass is 10.1. The molecule has 0 fully saturated rings. The SMILES string of the molecule is CCn1nc(C)cc1COc1c(CCN)cccc1OC. The Balaban J connectivity index is 2.22. The van der Waals surface area contributed by atoms with Gasteiger partial charge >= 0.3 is 0 Å². The molecule has 0 unspecified atom stereocenters. The highest BCUT2D eigenvalue weighted by molar-refractivity contribution is 5.46. The smallest absolute Gasteiger partial charge is 0.164 e. The fourth-order valence-corrected chi connectivity index (χ4v) is 2.37. The Hall–Kier alpha value is -2.01. The number of hydrogen-bond donors (Lipinski definition) is 1. The lowest BCUT2D eigenvalue weighted by Crippen LogP contribution is -2.09. The number of rotatable bonds is 7. The van der Waals surface area contributed by atoms with Crippen LogP contribution in [0, 0.1) is 6.92 Å². The minimum atomic E-state index is 0.465. The molecule has 0 saturated heterocycles. The van der Waals surface area contributed by atoms with Gasteiger partial charge in [0.25, 0.3) is 0 Å². The zero-order valence-corrected chi connectivity index (χ0v) is 12.9. The van der Waals surface area contributed by atoms with Crippen molar-refractivity contribution in [1.29, 1.82) is 0 Å². The summed E-state index contributed by atoms with van der Waals surface area (Å²) in [4.78, 5) is 0. The number of methoxy groups -OCH3 is 1. The summed E-state index contributed by atoms with van der Waals surface area (Å²) >= 11 is 0. The van der Waals surface area contributed by atoms with Gasteiger partial charge in [-0.05, 0) is 44.5 Å². The number of benzene rings is 1. The summed E-state index contributed by atoms with van der Waals surface area (Å²) in [6.45, 7) is 5.92. The maximum Gasteiger partial charge on any atom is 0.164 e. The van der Waals surface area contributed by atoms with E-state index in [1.165, 1.54) is 0 Å². The van der Waals surface area contributed by atoms with Gasteiger partial charge in [-0.1, -0.05) is 12.1 Å². The molecule has 1 aromatic carbocycles. The van der Waals surface area contributed by atoms with Gasteiger partial charge < -0.3 is 15.2 Å². The van der Waals surface area contributed by atoms with Gasteiger partial charge in [-0.2, -0.15) is 5.10 Å². The summed E-state index contributed by atoms with van der Waals surface area (Å²) in [5.41, 5.74) is 8.79. The molecule has 0 bridgehead atoms. The first-order valence-corrected chi connectivity index (χ1v) is 7.21. The molecule has 114 valence electrons. The third kappa shape index (κ3) is 3.55. The van der Waals surface area contributed by atoms with Crippen molar-refractivity contribution in [3.63, 3.8) is 0 Å². The zero-order valence-electron chi connectivity index (χ0n) is 12.9. The molecular weight excluding hydrogens is 266 g/mol. The van der Waals surface area contributed by atoms with Crippen molar-refractivity contribution in [1.82, 2.24) is 9.78 Å². The topological polar surface area (TPSA) is 62.3 Å². The Bertz CT molecular complexity index is 593. The number of para-hydroxylation sites is 1. The first kappa shape index (κ1) is 15.4. The van der Waals surface area contributed by atoms with Crippen LogP contribution in [-0.2, 0) is 19.6 Å². The van der Waals surface area contributed by atoms with Crippen LogP contribution in [0.1, 0.15) is 23.9 Å². The Kier molecular flexibility index (Phi) is 5.22. The predicted octanol–water partition coefficient (Wildman–Crippen LogP) is 2.30. The number of aromatic nitrogens is 2. The molecule has 0 saturated carbocycles. The third-order valence-electron chi connectivity index (χ3n) is 3.34. The van der Waals surface area contributed by atoms with E-state index in [2.05, 4.69) is 12.0 Å². The fourth-order valence-electron chi connectivity index (χ4n) is 2.37. The van der Waals surface area contributed by atoms with Gasteiger partial charge in [0, 0.05) is 6.54 Å². The van der Waals surface area contributed by atoms with Crippen molar-refractivity contribution in [2.24, 2.45) is 5.73 Å². The molecule has 1 aromatic heterocycles. The molecule has 0 aliphatic heterocycles. The van der Waals surface area contributed by atoms with Crippen LogP contribution in [0.25, 0.3) is 0 Å². The predicted molar refractivity (Wildman–Crippen MR) is 82.7 cm³/mol. The Morgan fingerprint density at radius 1 is 1.33 bits per heavy atom. The second kappa shape index (κ2) is 7.13. The van der Waals surface area contributed by atoms with Crippen molar-refractivity contribution >= 4 is 0 Å². The molecule has 0 amide bonds. The molecule has 2 aromatic rings. The van der Waals surface area contributed by atoms with E-state index >= 15 is 0 Å². The Morgan fingerprint density at radius 3 is 2.81 bits per heavy atom. The number of nitrogens with zero attached hydrogens (tertiary/aromatic N) is 2. The van der Waals surface area contributed by atoms with Gasteiger partial charge in [-0.15, -0.1) is 0 Å². The molecule has 5 heteroatoms. The van der Waals surface area contributed by atoms with E-state index in [1.54, 1.807) is 7.11 Å². The molecule has 5 nitrogen and oxygen atoms in total. The Morgan fingerprint density at radius 2 is 2.14 bits per heavy atom. The normalized spacial score (nSPS) is 10.7. The van der Waals surface area contributed by atoms with Crippen molar-refractivity contribution in [2.75, 3.05) is 13.7 Å². The van der Waals surface area contributed by atoms with E-state index in [0.29, 0.717) is 13.2 Å². The van der Waals surface area contributed by atoms with Crippen LogP contribution in [0.5, 0.6) is 11.5 Å². The second-order valence-corrected chi connectivity index (χ2v) is 4.87. The molecule has 2 rings (SSSR count). The van der Waals surface area contributed by atoms with E-state index in [0.717, 1.165) is 41.4 Å². The van der Waals surface area contributed by atoms with Crippen molar-refractivity contribution in [3.05, 3.63) is 41.2 Å². The second-order valence-electron chi connectivity index (χ2n) is 4.87. The molecule has 1 heterocycles. The van der Waals surface area contributed by atoms with E-state index in [4.69, 9.17) is 15.2 Å². The van der Waals surface area contributed by atoms with Crippen LogP contribution in [-0.4, -0.2) is 23.4 Å². The van der Waals surface area contributed by atoms with Gasteiger partial charge in [0.15, 0.2) is 11.5 Å². The third-order valence-corrected chi connectivity index (χ3v) is 3.34. The highest BCUT2D eigenvalue weighted by Gasteiger charge is 2.12. The monoisotopic (exact) mass is 289 g/mol. The molecular formula is C16H23N3O2. The Labute approximate surface area is 125 Å². The molecule has 21 heavy (non-hydrogen) atoms. The minimum absolute atomic E-state index is 0.465. The summed E-state index contributed by atoms with van der Waals surface area (Å²) in [6.07, 6.45) is 0.763. The van der Waals surface area contributed by atoms with E-state index in [1.807, 2.05) is 35.9 Å². The fraction of sp³-hybridized carbons (Fsp3) is 0.438. The van der Waals surface area contributed by atoms with Crippen molar-refractivity contribution < 1.29 is 9.47 Å². The van der Waals surface area contributed by atoms with Crippen molar-refractivity contribution in [3.8, 4) is 11.5 Å². The maximum atomic E-state index is 6.01. The van der Waals surface area contributed by atoms with Gasteiger partial charge in [-0.25, -0.2) is 0 Å². The van der Waals surface area contributed by atoms with Crippen LogP contribution in [0.15, 0.2) is 24.3 Å². The molecule has 0 radical (unpaired) electrons. The van der Waals surface area contributed by atoms with Crippen LogP contribution < -0.4 is 15.2 Å². The van der Waals surface area contributed by atoms with E-state index in [-0.39, 0.29) is 0 Å². The molecule has 0 spiro atoms. The highest BCUT2D eigenvalue weighted by atomic mass is 16.5. The van der Waals surface area contributed by atoms with E-state index in [9.17, 15) is 0 Å². The molecule has 2 N–H and O–H groups in total. The maximum absolute atomic E-state index is 6.01. The van der Waals surface area contributed by atoms with Crippen LogP contribution >= 0.6 is 0 Å². The average molecular weight is 289 g/mol. The average Bonchev–Trinajstić information content (AvgIpc) is 2.86. The summed E-state index contributed by atoms with van der Waals surface area (Å²) in [6, 6.07) is 7.92. The van der Waals surface area contributed by atoms with E-state index < -0.39 is 0 Å². The molecule has 0 aliphatic rings. The first-order chi connectivity index (χ1) is 10.2. The zero-order chi connectivity index (χ0) is 15.2.